The lowest BCUT2D eigenvalue weighted by atomic mass is 10.2. The average Bonchev–Trinajstić information content (AvgIpc) is 2.19. The Bertz CT molecular complexity index is 491. The minimum absolute atomic E-state index is 0.601. The van der Waals surface area contributed by atoms with Crippen LogP contribution in [0.1, 0.15) is 0 Å². The molecule has 0 fully saturated rings. The molecule has 0 saturated carbocycles. The standard InChI is InChI=1S/C8H8N4S/c9-10-7-5-3-1-2-4-6(5)8(13)12-11-7/h1-4H,9H2,(H,10,11)(H,12,13). The Morgan fingerprint density at radius 2 is 2.00 bits per heavy atom. The largest absolute Gasteiger partial charge is 0.307 e. The molecule has 0 saturated heterocycles. The molecular formula is C8H8N4S. The average molecular weight is 192 g/mol. The molecule has 0 aliphatic rings. The Morgan fingerprint density at radius 3 is 2.69 bits per heavy atom. The fraction of sp³-hybridized carbons (Fsp3) is 0. The fourth-order valence-corrected chi connectivity index (χ4v) is 1.45. The summed E-state index contributed by atoms with van der Waals surface area (Å²) in [5.41, 5.74) is 2.51. The molecule has 4 N–H and O–H groups in total. The van der Waals surface area contributed by atoms with Crippen LogP contribution in [0, 0.1) is 4.64 Å². The summed E-state index contributed by atoms with van der Waals surface area (Å²) in [7, 11) is 0. The number of nitrogens with two attached hydrogens (primary N) is 1. The van der Waals surface area contributed by atoms with E-state index < -0.39 is 0 Å². The second kappa shape index (κ2) is 3.12. The topological polar surface area (TPSA) is 66.7 Å². The van der Waals surface area contributed by atoms with Crippen LogP contribution in [0.3, 0.4) is 0 Å². The van der Waals surface area contributed by atoms with Crippen molar-refractivity contribution in [2.75, 3.05) is 5.43 Å². The molecular weight excluding hydrogens is 184 g/mol. The predicted molar refractivity (Wildman–Crippen MR) is 54.7 cm³/mol. The lowest BCUT2D eigenvalue weighted by Crippen LogP contribution is -2.09. The monoisotopic (exact) mass is 192 g/mol. The van der Waals surface area contributed by atoms with Gasteiger partial charge in [0.15, 0.2) is 5.82 Å². The first-order valence-electron chi connectivity index (χ1n) is 3.77. The van der Waals surface area contributed by atoms with Crippen LogP contribution in [0.2, 0.25) is 0 Å². The molecule has 13 heavy (non-hydrogen) atoms. The number of nitrogens with one attached hydrogen (secondary N) is 2. The van der Waals surface area contributed by atoms with Crippen LogP contribution in [-0.4, -0.2) is 10.2 Å². The molecule has 4 nitrogen and oxygen atoms in total. The number of H-pyrrole nitrogens is 1. The number of nitrogen functional groups attached to an aromatic ring is 1. The highest BCUT2D eigenvalue weighted by Gasteiger charge is 2.00. The Labute approximate surface area is 79.7 Å². The van der Waals surface area contributed by atoms with E-state index in [4.69, 9.17) is 18.1 Å². The summed E-state index contributed by atoms with van der Waals surface area (Å²) in [4.78, 5) is 0. The number of aromatic amines is 1. The number of rotatable bonds is 1. The first kappa shape index (κ1) is 8.15. The third kappa shape index (κ3) is 1.28. The first-order chi connectivity index (χ1) is 6.33. The second-order valence-corrected chi connectivity index (χ2v) is 3.00. The zero-order chi connectivity index (χ0) is 9.26. The third-order valence-corrected chi connectivity index (χ3v) is 2.14. The van der Waals surface area contributed by atoms with Gasteiger partial charge in [-0.2, -0.15) is 5.10 Å². The molecule has 1 aromatic carbocycles. The molecule has 0 radical (unpaired) electrons. The van der Waals surface area contributed by atoms with Crippen LogP contribution in [0.15, 0.2) is 24.3 Å². The van der Waals surface area contributed by atoms with Gasteiger partial charge in [-0.25, -0.2) is 5.84 Å². The lowest BCUT2D eigenvalue weighted by Gasteiger charge is -2.02. The number of hydrogen-bond donors (Lipinski definition) is 3. The van der Waals surface area contributed by atoms with Gasteiger partial charge in [0.2, 0.25) is 0 Å². The maximum atomic E-state index is 5.30. The summed E-state index contributed by atoms with van der Waals surface area (Å²) < 4.78 is 0.620. The highest BCUT2D eigenvalue weighted by Crippen LogP contribution is 2.19. The maximum absolute atomic E-state index is 5.30. The summed E-state index contributed by atoms with van der Waals surface area (Å²) in [5, 5.41) is 8.55. The van der Waals surface area contributed by atoms with Gasteiger partial charge in [-0.15, -0.1) is 0 Å². The number of benzene rings is 1. The van der Waals surface area contributed by atoms with Crippen molar-refractivity contribution in [1.82, 2.24) is 10.2 Å². The van der Waals surface area contributed by atoms with Gasteiger partial charge < -0.3 is 5.43 Å². The van der Waals surface area contributed by atoms with Crippen molar-refractivity contribution < 1.29 is 0 Å². The minimum atomic E-state index is 0.601. The molecule has 1 heterocycles. The van der Waals surface area contributed by atoms with E-state index in [9.17, 15) is 0 Å². The summed E-state index contributed by atoms with van der Waals surface area (Å²) in [6, 6.07) is 7.68. The van der Waals surface area contributed by atoms with Gasteiger partial charge in [0.25, 0.3) is 0 Å². The van der Waals surface area contributed by atoms with Crippen LogP contribution in [0.5, 0.6) is 0 Å². The summed E-state index contributed by atoms with van der Waals surface area (Å²) in [5.74, 6) is 5.90. The lowest BCUT2D eigenvalue weighted by molar-refractivity contribution is 1.03. The van der Waals surface area contributed by atoms with Gasteiger partial charge in [-0.3, -0.25) is 5.10 Å². The Balaban J connectivity index is 2.93. The number of aromatic nitrogens is 2. The molecule has 0 aliphatic heterocycles. The second-order valence-electron chi connectivity index (χ2n) is 2.59. The van der Waals surface area contributed by atoms with Crippen molar-refractivity contribution in [1.29, 1.82) is 0 Å². The Hall–Kier alpha value is -1.46. The molecule has 0 aliphatic carbocycles. The SMILES string of the molecule is NNc1n[nH]c(=S)c2ccccc12. The van der Waals surface area contributed by atoms with Crippen LogP contribution in [0.25, 0.3) is 10.8 Å². The molecule has 2 aromatic rings. The minimum Gasteiger partial charge on any atom is -0.307 e. The number of hydrogen-bond acceptors (Lipinski definition) is 4. The molecule has 5 heteroatoms. The van der Waals surface area contributed by atoms with Crippen molar-refractivity contribution >= 4 is 28.8 Å². The van der Waals surface area contributed by atoms with Crippen LogP contribution in [-0.2, 0) is 0 Å². The summed E-state index contributed by atoms with van der Waals surface area (Å²) in [6.07, 6.45) is 0. The van der Waals surface area contributed by atoms with E-state index in [0.717, 1.165) is 10.8 Å². The molecule has 0 bridgehead atoms. The third-order valence-electron chi connectivity index (χ3n) is 1.83. The number of anilines is 1. The molecule has 0 unspecified atom stereocenters. The molecule has 2 rings (SSSR count). The van der Waals surface area contributed by atoms with Gasteiger partial charge in [-0.1, -0.05) is 36.5 Å². The van der Waals surface area contributed by atoms with Crippen molar-refractivity contribution in [2.24, 2.45) is 5.84 Å². The zero-order valence-corrected chi connectivity index (χ0v) is 7.56. The number of fused-ring (bicyclic) bond motifs is 1. The van der Waals surface area contributed by atoms with Crippen molar-refractivity contribution in [3.05, 3.63) is 28.9 Å². The quantitative estimate of drug-likeness (QED) is 0.364. The molecule has 0 spiro atoms. The smallest absolute Gasteiger partial charge is 0.168 e. The van der Waals surface area contributed by atoms with Crippen LogP contribution in [0.4, 0.5) is 5.82 Å². The molecule has 0 amide bonds. The summed E-state index contributed by atoms with van der Waals surface area (Å²) >= 11 is 5.07. The van der Waals surface area contributed by atoms with E-state index in [1.54, 1.807) is 0 Å². The van der Waals surface area contributed by atoms with Crippen molar-refractivity contribution in [3.8, 4) is 0 Å². The number of nitrogens with zero attached hydrogens (tertiary/aromatic N) is 1. The van der Waals surface area contributed by atoms with Crippen molar-refractivity contribution in [3.63, 3.8) is 0 Å². The highest BCUT2D eigenvalue weighted by molar-refractivity contribution is 7.71. The van der Waals surface area contributed by atoms with E-state index in [-0.39, 0.29) is 0 Å². The molecule has 1 aromatic heterocycles. The number of hydrazine groups is 1. The van der Waals surface area contributed by atoms with Gasteiger partial charge in [0.1, 0.15) is 4.64 Å². The van der Waals surface area contributed by atoms with Gasteiger partial charge >= 0.3 is 0 Å². The van der Waals surface area contributed by atoms with E-state index in [2.05, 4.69) is 15.6 Å². The van der Waals surface area contributed by atoms with Gasteiger partial charge in [0.05, 0.1) is 0 Å². The van der Waals surface area contributed by atoms with E-state index in [1.165, 1.54) is 0 Å². The van der Waals surface area contributed by atoms with E-state index >= 15 is 0 Å². The first-order valence-corrected chi connectivity index (χ1v) is 4.18. The zero-order valence-electron chi connectivity index (χ0n) is 6.74. The normalized spacial score (nSPS) is 10.2. The molecule has 66 valence electrons. The molecule has 0 atom stereocenters. The predicted octanol–water partition coefficient (Wildman–Crippen LogP) is 1.58. The van der Waals surface area contributed by atoms with Crippen LogP contribution >= 0.6 is 12.2 Å². The summed E-state index contributed by atoms with van der Waals surface area (Å²) in [6.45, 7) is 0. The Morgan fingerprint density at radius 1 is 1.31 bits per heavy atom. The maximum Gasteiger partial charge on any atom is 0.168 e. The van der Waals surface area contributed by atoms with Gasteiger partial charge in [-0.05, 0) is 0 Å². The van der Waals surface area contributed by atoms with Crippen LogP contribution < -0.4 is 11.3 Å². The Kier molecular flexibility index (Phi) is 1.96. The van der Waals surface area contributed by atoms with E-state index in [1.807, 2.05) is 24.3 Å². The van der Waals surface area contributed by atoms with Crippen molar-refractivity contribution in [2.45, 2.75) is 0 Å². The fourth-order valence-electron chi connectivity index (χ4n) is 1.22. The highest BCUT2D eigenvalue weighted by atomic mass is 32.1. The van der Waals surface area contributed by atoms with Gasteiger partial charge in [0, 0.05) is 10.8 Å². The van der Waals surface area contributed by atoms with E-state index in [0.29, 0.717) is 10.5 Å².